The van der Waals surface area contributed by atoms with Crippen LogP contribution in [0.5, 0.6) is 5.75 Å². The third kappa shape index (κ3) is 4.81. The van der Waals surface area contributed by atoms with Crippen LogP contribution in [0.3, 0.4) is 0 Å². The Morgan fingerprint density at radius 3 is 2.70 bits per heavy atom. The predicted molar refractivity (Wildman–Crippen MR) is 72.9 cm³/mol. The molecule has 0 spiro atoms. The van der Waals surface area contributed by atoms with E-state index in [9.17, 15) is 9.18 Å². The van der Waals surface area contributed by atoms with E-state index in [-0.39, 0.29) is 17.8 Å². The molecule has 0 heterocycles. The van der Waals surface area contributed by atoms with Gasteiger partial charge in [-0.15, -0.1) is 0 Å². The lowest BCUT2D eigenvalue weighted by atomic mass is 9.82. The average Bonchev–Trinajstić information content (AvgIpc) is 2.40. The minimum atomic E-state index is -0.294. The second-order valence-electron chi connectivity index (χ2n) is 5.20. The van der Waals surface area contributed by atoms with Crippen LogP contribution in [-0.2, 0) is 4.79 Å². The molecular weight excluding hydrogens is 261 g/mol. The standard InChI is InChI=1S/C15H20FNO3/c16-12-3-5-14(6-4-12)20-7-1-2-15(19)17-10-11-8-13(18)9-11/h3-6,11,13,18H,1-2,7-10H2,(H,17,19). The summed E-state index contributed by atoms with van der Waals surface area (Å²) in [7, 11) is 0. The molecule has 110 valence electrons. The highest BCUT2D eigenvalue weighted by molar-refractivity contribution is 5.75. The Bertz CT molecular complexity index is 429. The Morgan fingerprint density at radius 2 is 2.05 bits per heavy atom. The molecule has 1 aromatic carbocycles. The zero-order valence-corrected chi connectivity index (χ0v) is 11.3. The SMILES string of the molecule is O=C(CCCOc1ccc(F)cc1)NCC1CC(O)C1. The second-order valence-corrected chi connectivity index (χ2v) is 5.20. The number of halogens is 1. The summed E-state index contributed by atoms with van der Waals surface area (Å²) in [6, 6.07) is 5.82. The Morgan fingerprint density at radius 1 is 1.35 bits per heavy atom. The molecule has 2 rings (SSSR count). The summed E-state index contributed by atoms with van der Waals surface area (Å²) in [5.74, 6) is 0.742. The van der Waals surface area contributed by atoms with Gasteiger partial charge >= 0.3 is 0 Å². The molecule has 4 nitrogen and oxygen atoms in total. The molecule has 5 heteroatoms. The van der Waals surface area contributed by atoms with Gasteiger partial charge in [-0.3, -0.25) is 4.79 Å². The fourth-order valence-electron chi connectivity index (χ4n) is 2.17. The van der Waals surface area contributed by atoms with Crippen molar-refractivity contribution in [3.8, 4) is 5.75 Å². The molecule has 0 atom stereocenters. The number of aliphatic hydroxyl groups is 1. The van der Waals surface area contributed by atoms with Crippen LogP contribution in [0.1, 0.15) is 25.7 Å². The summed E-state index contributed by atoms with van der Waals surface area (Å²) < 4.78 is 18.1. The first-order valence-electron chi connectivity index (χ1n) is 6.96. The van der Waals surface area contributed by atoms with Gasteiger partial charge in [0.15, 0.2) is 0 Å². The number of hydrogen-bond donors (Lipinski definition) is 2. The summed E-state index contributed by atoms with van der Waals surface area (Å²) in [5.41, 5.74) is 0. The molecule has 1 saturated carbocycles. The number of carbonyl (C=O) groups is 1. The highest BCUT2D eigenvalue weighted by Gasteiger charge is 2.26. The van der Waals surface area contributed by atoms with Gasteiger partial charge < -0.3 is 15.2 Å². The lowest BCUT2D eigenvalue weighted by molar-refractivity contribution is -0.121. The van der Waals surface area contributed by atoms with Crippen molar-refractivity contribution in [1.82, 2.24) is 5.32 Å². The number of benzene rings is 1. The molecule has 1 aliphatic carbocycles. The maximum absolute atomic E-state index is 12.7. The maximum atomic E-state index is 12.7. The Hall–Kier alpha value is -1.62. The summed E-state index contributed by atoms with van der Waals surface area (Å²) in [6.07, 6.45) is 2.43. The molecule has 0 aliphatic heterocycles. The van der Waals surface area contributed by atoms with Gasteiger partial charge in [0.25, 0.3) is 0 Å². The molecular formula is C15H20FNO3. The highest BCUT2D eigenvalue weighted by atomic mass is 19.1. The van der Waals surface area contributed by atoms with E-state index in [1.54, 1.807) is 12.1 Å². The summed E-state index contributed by atoms with van der Waals surface area (Å²) in [5, 5.41) is 12.0. The van der Waals surface area contributed by atoms with Crippen LogP contribution >= 0.6 is 0 Å². The number of rotatable bonds is 7. The first-order chi connectivity index (χ1) is 9.63. The van der Waals surface area contributed by atoms with Crippen molar-refractivity contribution >= 4 is 5.91 Å². The monoisotopic (exact) mass is 281 g/mol. The molecule has 0 unspecified atom stereocenters. The zero-order valence-electron chi connectivity index (χ0n) is 11.3. The van der Waals surface area contributed by atoms with Gasteiger partial charge in [0.2, 0.25) is 5.91 Å². The van der Waals surface area contributed by atoms with Crippen molar-refractivity contribution in [2.75, 3.05) is 13.2 Å². The maximum Gasteiger partial charge on any atom is 0.220 e. The fraction of sp³-hybridized carbons (Fsp3) is 0.533. The lowest BCUT2D eigenvalue weighted by Crippen LogP contribution is -2.38. The molecule has 1 fully saturated rings. The molecule has 1 aromatic rings. The zero-order chi connectivity index (χ0) is 14.4. The molecule has 0 saturated heterocycles. The van der Waals surface area contributed by atoms with Crippen LogP contribution in [0.2, 0.25) is 0 Å². The van der Waals surface area contributed by atoms with Gasteiger partial charge in [-0.05, 0) is 49.4 Å². The van der Waals surface area contributed by atoms with E-state index in [0.717, 1.165) is 12.8 Å². The van der Waals surface area contributed by atoms with E-state index in [1.807, 2.05) is 0 Å². The number of ether oxygens (including phenoxy) is 1. The molecule has 20 heavy (non-hydrogen) atoms. The Kier molecular flexibility index (Phi) is 5.35. The second kappa shape index (κ2) is 7.24. The number of nitrogens with one attached hydrogen (secondary N) is 1. The average molecular weight is 281 g/mol. The van der Waals surface area contributed by atoms with Crippen molar-refractivity contribution in [2.45, 2.75) is 31.8 Å². The normalized spacial score (nSPS) is 21.1. The first-order valence-corrected chi connectivity index (χ1v) is 6.96. The van der Waals surface area contributed by atoms with Gasteiger partial charge in [-0.25, -0.2) is 4.39 Å². The number of amides is 1. The van der Waals surface area contributed by atoms with Crippen molar-refractivity contribution in [2.24, 2.45) is 5.92 Å². The molecule has 1 aliphatic rings. The summed E-state index contributed by atoms with van der Waals surface area (Å²) in [4.78, 5) is 11.5. The topological polar surface area (TPSA) is 58.6 Å². The lowest BCUT2D eigenvalue weighted by Gasteiger charge is -2.31. The molecule has 0 radical (unpaired) electrons. The fourth-order valence-corrected chi connectivity index (χ4v) is 2.17. The predicted octanol–water partition coefficient (Wildman–Crippen LogP) is 1.87. The third-order valence-electron chi connectivity index (χ3n) is 3.43. The largest absolute Gasteiger partial charge is 0.494 e. The van der Waals surface area contributed by atoms with Crippen molar-refractivity contribution in [1.29, 1.82) is 0 Å². The van der Waals surface area contributed by atoms with Gasteiger partial charge in [-0.1, -0.05) is 0 Å². The van der Waals surface area contributed by atoms with Crippen LogP contribution in [0.25, 0.3) is 0 Å². The minimum absolute atomic E-state index is 0.00842. The minimum Gasteiger partial charge on any atom is -0.494 e. The summed E-state index contributed by atoms with van der Waals surface area (Å²) in [6.45, 7) is 1.08. The van der Waals surface area contributed by atoms with Crippen molar-refractivity contribution < 1.29 is 19.0 Å². The molecule has 0 bridgehead atoms. The van der Waals surface area contributed by atoms with Crippen LogP contribution in [0, 0.1) is 11.7 Å². The van der Waals surface area contributed by atoms with E-state index in [0.29, 0.717) is 37.7 Å². The summed E-state index contributed by atoms with van der Waals surface area (Å²) >= 11 is 0. The molecule has 2 N–H and O–H groups in total. The van der Waals surface area contributed by atoms with Gasteiger partial charge in [0.1, 0.15) is 11.6 Å². The third-order valence-corrected chi connectivity index (χ3v) is 3.43. The number of carbonyl (C=O) groups excluding carboxylic acids is 1. The van der Waals surface area contributed by atoms with Crippen LogP contribution in [0.4, 0.5) is 4.39 Å². The number of hydrogen-bond acceptors (Lipinski definition) is 3. The Balaban J connectivity index is 1.52. The smallest absolute Gasteiger partial charge is 0.220 e. The van der Waals surface area contributed by atoms with Crippen LogP contribution in [0.15, 0.2) is 24.3 Å². The molecule has 1 amide bonds. The van der Waals surface area contributed by atoms with E-state index < -0.39 is 0 Å². The first kappa shape index (κ1) is 14.8. The van der Waals surface area contributed by atoms with Gasteiger partial charge in [0, 0.05) is 13.0 Å². The Labute approximate surface area is 117 Å². The quantitative estimate of drug-likeness (QED) is 0.750. The molecule has 0 aromatic heterocycles. The van der Waals surface area contributed by atoms with Gasteiger partial charge in [-0.2, -0.15) is 0 Å². The van der Waals surface area contributed by atoms with Crippen LogP contribution < -0.4 is 10.1 Å². The van der Waals surface area contributed by atoms with Crippen molar-refractivity contribution in [3.63, 3.8) is 0 Å². The number of aliphatic hydroxyl groups excluding tert-OH is 1. The van der Waals surface area contributed by atoms with E-state index in [4.69, 9.17) is 9.84 Å². The van der Waals surface area contributed by atoms with Crippen LogP contribution in [-0.4, -0.2) is 30.3 Å². The van der Waals surface area contributed by atoms with E-state index in [2.05, 4.69) is 5.32 Å². The van der Waals surface area contributed by atoms with E-state index in [1.165, 1.54) is 12.1 Å². The van der Waals surface area contributed by atoms with Gasteiger partial charge in [0.05, 0.1) is 12.7 Å². The van der Waals surface area contributed by atoms with Crippen molar-refractivity contribution in [3.05, 3.63) is 30.1 Å². The van der Waals surface area contributed by atoms with E-state index >= 15 is 0 Å². The highest BCUT2D eigenvalue weighted by Crippen LogP contribution is 2.26.